The average Bonchev–Trinajstić information content (AvgIpc) is 2.77. The van der Waals surface area contributed by atoms with Crippen molar-refractivity contribution in [1.29, 1.82) is 0 Å². The molecule has 4 aliphatic rings. The summed E-state index contributed by atoms with van der Waals surface area (Å²) in [4.78, 5) is 23.4. The maximum atomic E-state index is 11.8. The van der Waals surface area contributed by atoms with Gasteiger partial charge in [-0.1, -0.05) is 19.4 Å². The van der Waals surface area contributed by atoms with E-state index in [1.807, 2.05) is 6.08 Å². The smallest absolute Gasteiger partial charge is 0.305 e. The Balaban J connectivity index is 1.66. The number of carbonyl (C=O) groups excluding carboxylic acids is 2. The van der Waals surface area contributed by atoms with Crippen LogP contribution in [0.1, 0.15) is 65.7 Å². The summed E-state index contributed by atoms with van der Waals surface area (Å²) in [5, 5.41) is 11.2. The first-order chi connectivity index (χ1) is 11.7. The van der Waals surface area contributed by atoms with Crippen LogP contribution in [0.4, 0.5) is 0 Å². The Hall–Kier alpha value is -1.16. The van der Waals surface area contributed by atoms with Gasteiger partial charge in [-0.05, 0) is 67.8 Å². The number of rotatable bonds is 1. The van der Waals surface area contributed by atoms with E-state index in [4.69, 9.17) is 4.74 Å². The van der Waals surface area contributed by atoms with Crippen LogP contribution in [0.5, 0.6) is 0 Å². The minimum atomic E-state index is -1.31. The van der Waals surface area contributed by atoms with Gasteiger partial charge in [-0.3, -0.25) is 9.59 Å². The van der Waals surface area contributed by atoms with Crippen LogP contribution in [0, 0.1) is 35.0 Å². The maximum absolute atomic E-state index is 11.8. The highest BCUT2D eigenvalue weighted by Crippen LogP contribution is 2.66. The van der Waals surface area contributed by atoms with Gasteiger partial charge in [0.1, 0.15) is 0 Å². The summed E-state index contributed by atoms with van der Waals surface area (Å²) in [6.45, 7) is 5.83. The third-order valence-electron chi connectivity index (χ3n) is 8.03. The molecule has 4 rings (SSSR count). The lowest BCUT2D eigenvalue weighted by Crippen LogP contribution is -2.55. The van der Waals surface area contributed by atoms with E-state index >= 15 is 0 Å². The third kappa shape index (κ3) is 2.43. The quantitative estimate of drug-likeness (QED) is 0.582. The van der Waals surface area contributed by atoms with Crippen LogP contribution >= 0.6 is 0 Å². The summed E-state index contributed by atoms with van der Waals surface area (Å²) >= 11 is 0. The van der Waals surface area contributed by atoms with Gasteiger partial charge in [0.2, 0.25) is 5.79 Å². The summed E-state index contributed by atoms with van der Waals surface area (Å²) < 4.78 is 5.47. The van der Waals surface area contributed by atoms with Gasteiger partial charge in [-0.15, -0.1) is 0 Å². The molecule has 0 radical (unpaired) electrons. The highest BCUT2D eigenvalue weighted by Gasteiger charge is 2.65. The van der Waals surface area contributed by atoms with Gasteiger partial charge in [-0.25, -0.2) is 0 Å². The lowest BCUT2D eigenvalue weighted by molar-refractivity contribution is -0.263. The molecule has 0 bridgehead atoms. The summed E-state index contributed by atoms with van der Waals surface area (Å²) in [5.41, 5.74) is 1.03. The molecule has 0 aliphatic heterocycles. The molecular formula is C21H30O4. The molecular weight excluding hydrogens is 316 g/mol. The first-order valence-corrected chi connectivity index (χ1v) is 9.90. The number of allylic oxidation sites excluding steroid dienone is 1. The first-order valence-electron chi connectivity index (χ1n) is 9.90. The second-order valence-corrected chi connectivity index (χ2v) is 9.23. The number of fused-ring (bicyclic) bond motifs is 5. The van der Waals surface area contributed by atoms with E-state index in [1.165, 1.54) is 12.5 Å². The predicted molar refractivity (Wildman–Crippen MR) is 93.4 cm³/mol. The molecule has 0 amide bonds. The Labute approximate surface area is 150 Å². The fourth-order valence-electron chi connectivity index (χ4n) is 6.97. The molecule has 4 heteroatoms. The molecule has 138 valence electrons. The molecule has 0 saturated heterocycles. The molecule has 0 aromatic heterocycles. The number of esters is 1. The van der Waals surface area contributed by atoms with Crippen molar-refractivity contribution in [2.45, 2.75) is 71.5 Å². The van der Waals surface area contributed by atoms with Crippen molar-refractivity contribution in [3.05, 3.63) is 11.6 Å². The molecule has 3 saturated carbocycles. The molecule has 0 heterocycles. The largest absolute Gasteiger partial charge is 0.433 e. The van der Waals surface area contributed by atoms with E-state index in [9.17, 15) is 14.7 Å². The van der Waals surface area contributed by atoms with Gasteiger partial charge in [0.15, 0.2) is 5.78 Å². The molecule has 4 aliphatic carbocycles. The van der Waals surface area contributed by atoms with Crippen LogP contribution in [-0.4, -0.2) is 22.6 Å². The zero-order valence-corrected chi connectivity index (χ0v) is 15.6. The van der Waals surface area contributed by atoms with E-state index in [1.54, 1.807) is 0 Å². The number of aliphatic hydroxyl groups is 1. The van der Waals surface area contributed by atoms with Crippen LogP contribution < -0.4 is 0 Å². The highest BCUT2D eigenvalue weighted by molar-refractivity contribution is 5.91. The Morgan fingerprint density at radius 2 is 2.04 bits per heavy atom. The molecule has 0 spiro atoms. The Kier molecular flexibility index (Phi) is 3.91. The van der Waals surface area contributed by atoms with Gasteiger partial charge < -0.3 is 9.84 Å². The minimum absolute atomic E-state index is 0.294. The zero-order valence-electron chi connectivity index (χ0n) is 15.6. The van der Waals surface area contributed by atoms with Crippen molar-refractivity contribution in [3.8, 4) is 0 Å². The van der Waals surface area contributed by atoms with Crippen molar-refractivity contribution < 1.29 is 19.4 Å². The molecule has 1 N–H and O–H groups in total. The Morgan fingerprint density at radius 1 is 1.28 bits per heavy atom. The van der Waals surface area contributed by atoms with Gasteiger partial charge in [0.05, 0.1) is 0 Å². The number of ketones is 1. The van der Waals surface area contributed by atoms with Crippen molar-refractivity contribution >= 4 is 11.8 Å². The summed E-state index contributed by atoms with van der Waals surface area (Å²) in [6, 6.07) is 0. The normalized spacial score (nSPS) is 48.9. The van der Waals surface area contributed by atoms with Gasteiger partial charge in [-0.2, -0.15) is 0 Å². The third-order valence-corrected chi connectivity index (χ3v) is 8.03. The maximum Gasteiger partial charge on any atom is 0.305 e. The fourth-order valence-corrected chi connectivity index (χ4v) is 6.97. The van der Waals surface area contributed by atoms with Gasteiger partial charge in [0, 0.05) is 25.2 Å². The van der Waals surface area contributed by atoms with Gasteiger partial charge in [0.25, 0.3) is 0 Å². The molecule has 4 nitrogen and oxygen atoms in total. The fraction of sp³-hybridized carbons (Fsp3) is 0.810. The highest BCUT2D eigenvalue weighted by atomic mass is 16.7. The number of hydrogen-bond donors (Lipinski definition) is 1. The van der Waals surface area contributed by atoms with Crippen molar-refractivity contribution in [1.82, 2.24) is 0 Å². The molecule has 0 aromatic rings. The molecule has 7 atom stereocenters. The molecule has 0 aromatic carbocycles. The van der Waals surface area contributed by atoms with E-state index in [0.29, 0.717) is 48.2 Å². The number of carbonyl (C=O) groups is 2. The van der Waals surface area contributed by atoms with E-state index in [0.717, 1.165) is 32.1 Å². The summed E-state index contributed by atoms with van der Waals surface area (Å²) in [6.07, 6.45) is 8.05. The van der Waals surface area contributed by atoms with E-state index < -0.39 is 5.79 Å². The number of hydrogen-bond acceptors (Lipinski definition) is 4. The van der Waals surface area contributed by atoms with Crippen LogP contribution in [0.15, 0.2) is 11.6 Å². The number of ether oxygens (including phenoxy) is 1. The average molecular weight is 346 g/mol. The predicted octanol–water partition coefficient (Wildman–Crippen LogP) is 3.63. The molecule has 0 unspecified atom stereocenters. The summed E-state index contributed by atoms with van der Waals surface area (Å²) in [5.74, 6) is 1.21. The van der Waals surface area contributed by atoms with Crippen LogP contribution in [0.25, 0.3) is 0 Å². The second kappa shape index (κ2) is 5.67. The SMILES string of the molecule is CC(=O)O[C@@]1(O)CC[C@H]2[C@H]3[C@H](CC[C@@]21C)[C@H]1CCC(=O)C=C1C[C@H]3C. The monoisotopic (exact) mass is 346 g/mol. The minimum Gasteiger partial charge on any atom is -0.433 e. The van der Waals surface area contributed by atoms with E-state index in [2.05, 4.69) is 13.8 Å². The first kappa shape index (κ1) is 17.3. The second-order valence-electron chi connectivity index (χ2n) is 9.23. The topological polar surface area (TPSA) is 63.6 Å². The molecule has 3 fully saturated rings. The Morgan fingerprint density at radius 3 is 2.76 bits per heavy atom. The van der Waals surface area contributed by atoms with Crippen LogP contribution in [0.3, 0.4) is 0 Å². The standard InChI is InChI=1S/C21H30O4/c1-12-10-14-11-15(23)4-5-16(14)17-6-8-20(3)18(19(12)17)7-9-21(20,24)25-13(2)22/h11-12,16-19,24H,4-10H2,1-3H3/t12-,16+,17-,18+,19-,20+,21+/m1/s1. The van der Waals surface area contributed by atoms with Crippen LogP contribution in [0.2, 0.25) is 0 Å². The Bertz CT molecular complexity index is 638. The van der Waals surface area contributed by atoms with E-state index in [-0.39, 0.29) is 11.4 Å². The van der Waals surface area contributed by atoms with Gasteiger partial charge >= 0.3 is 5.97 Å². The molecule has 25 heavy (non-hydrogen) atoms. The zero-order chi connectivity index (χ0) is 18.0. The van der Waals surface area contributed by atoms with Crippen LogP contribution in [-0.2, 0) is 14.3 Å². The van der Waals surface area contributed by atoms with Crippen molar-refractivity contribution in [2.24, 2.45) is 35.0 Å². The lowest BCUT2D eigenvalue weighted by Gasteiger charge is -2.56. The summed E-state index contributed by atoms with van der Waals surface area (Å²) in [7, 11) is 0. The van der Waals surface area contributed by atoms with Crippen molar-refractivity contribution in [3.63, 3.8) is 0 Å². The van der Waals surface area contributed by atoms with Crippen molar-refractivity contribution in [2.75, 3.05) is 0 Å². The lowest BCUT2D eigenvalue weighted by atomic mass is 9.49.